The van der Waals surface area contributed by atoms with E-state index in [9.17, 15) is 0 Å². The van der Waals surface area contributed by atoms with Gasteiger partial charge in [-0.15, -0.1) is 0 Å². The van der Waals surface area contributed by atoms with Gasteiger partial charge in [0.2, 0.25) is 0 Å². The highest BCUT2D eigenvalue weighted by atomic mass is 14.0. The Hall–Kier alpha value is -0.520. The van der Waals surface area contributed by atoms with Crippen molar-refractivity contribution >= 4 is 0 Å². The summed E-state index contributed by atoms with van der Waals surface area (Å²) in [6, 6.07) is 0. The van der Waals surface area contributed by atoms with Gasteiger partial charge in [0.25, 0.3) is 0 Å². The maximum Gasteiger partial charge on any atom is -0.0273 e. The van der Waals surface area contributed by atoms with Gasteiger partial charge in [-0.1, -0.05) is 12.2 Å². The van der Waals surface area contributed by atoms with E-state index in [0.29, 0.717) is 0 Å². The topological polar surface area (TPSA) is 0 Å². The van der Waals surface area contributed by atoms with E-state index in [-0.39, 0.29) is 0 Å². The predicted octanol–water partition coefficient (Wildman–Crippen LogP) is 2.87. The molecular weight excluding hydrogens is 108 g/mol. The SMILES string of the molecule is CC1=[C]/CCCC/C=C\1. The van der Waals surface area contributed by atoms with Crippen LogP contribution in [0.1, 0.15) is 32.6 Å². The van der Waals surface area contributed by atoms with E-state index in [1.165, 1.54) is 24.8 Å². The van der Waals surface area contributed by atoms with Gasteiger partial charge in [0.05, 0.1) is 0 Å². The molecule has 0 bridgehead atoms. The Morgan fingerprint density at radius 1 is 1.44 bits per heavy atom. The second-order valence-corrected chi connectivity index (χ2v) is 2.51. The molecule has 0 amide bonds. The molecule has 0 nitrogen and oxygen atoms in total. The summed E-state index contributed by atoms with van der Waals surface area (Å²) < 4.78 is 0. The van der Waals surface area contributed by atoms with Crippen LogP contribution in [0.25, 0.3) is 0 Å². The monoisotopic (exact) mass is 121 g/mol. The molecule has 0 aliphatic heterocycles. The van der Waals surface area contributed by atoms with Crippen molar-refractivity contribution in [3.63, 3.8) is 0 Å². The van der Waals surface area contributed by atoms with Gasteiger partial charge in [-0.2, -0.15) is 0 Å². The molecule has 0 N–H and O–H groups in total. The van der Waals surface area contributed by atoms with E-state index in [1.54, 1.807) is 0 Å². The van der Waals surface area contributed by atoms with Crippen LogP contribution < -0.4 is 0 Å². The van der Waals surface area contributed by atoms with Crippen molar-refractivity contribution in [2.75, 3.05) is 0 Å². The summed E-state index contributed by atoms with van der Waals surface area (Å²) in [6.45, 7) is 2.11. The molecule has 0 saturated heterocycles. The standard InChI is InChI=1S/C9H13/c1-9-7-5-3-2-4-6-8-9/h5,7H,2-4,6H2,1H3/b7-5-,9-8?. The third kappa shape index (κ3) is 2.50. The van der Waals surface area contributed by atoms with Gasteiger partial charge in [0, 0.05) is 0 Å². The zero-order valence-corrected chi connectivity index (χ0v) is 5.98. The smallest absolute Gasteiger partial charge is 0.0273 e. The van der Waals surface area contributed by atoms with Crippen molar-refractivity contribution in [3.05, 3.63) is 23.8 Å². The molecule has 9 heavy (non-hydrogen) atoms. The molecule has 0 heterocycles. The molecule has 0 saturated carbocycles. The predicted molar refractivity (Wildman–Crippen MR) is 40.0 cm³/mol. The average Bonchev–Trinajstić information content (AvgIpc) is 1.79. The van der Waals surface area contributed by atoms with E-state index in [4.69, 9.17) is 0 Å². The Balaban J connectivity index is 2.49. The molecule has 1 aliphatic carbocycles. The van der Waals surface area contributed by atoms with Gasteiger partial charge >= 0.3 is 0 Å². The molecule has 0 aromatic rings. The minimum absolute atomic E-state index is 1.15. The molecule has 0 unspecified atom stereocenters. The van der Waals surface area contributed by atoms with Gasteiger partial charge < -0.3 is 0 Å². The van der Waals surface area contributed by atoms with E-state index in [1.807, 2.05) is 0 Å². The molecular formula is C9H13. The Labute approximate surface area is 57.3 Å². The van der Waals surface area contributed by atoms with Gasteiger partial charge in [-0.25, -0.2) is 0 Å². The molecule has 0 spiro atoms. The first-order valence-corrected chi connectivity index (χ1v) is 3.63. The normalized spacial score (nSPS) is 29.7. The first kappa shape index (κ1) is 6.60. The molecule has 0 aromatic carbocycles. The summed E-state index contributed by atoms with van der Waals surface area (Å²) >= 11 is 0. The molecule has 1 rings (SSSR count). The summed E-state index contributed by atoms with van der Waals surface area (Å²) in [7, 11) is 0. The van der Waals surface area contributed by atoms with Crippen molar-refractivity contribution in [3.8, 4) is 0 Å². The van der Waals surface area contributed by atoms with Crippen LogP contribution in [0.4, 0.5) is 0 Å². The maximum absolute atomic E-state index is 3.31. The summed E-state index contributed by atoms with van der Waals surface area (Å²) in [5.41, 5.74) is 1.30. The minimum Gasteiger partial charge on any atom is -0.0843 e. The van der Waals surface area contributed by atoms with Crippen LogP contribution in [0.3, 0.4) is 0 Å². The molecule has 0 aromatic heterocycles. The molecule has 49 valence electrons. The number of hydrogen-bond acceptors (Lipinski definition) is 0. The fourth-order valence-electron chi connectivity index (χ4n) is 0.992. The Morgan fingerprint density at radius 3 is 3.22 bits per heavy atom. The average molecular weight is 121 g/mol. The lowest BCUT2D eigenvalue weighted by atomic mass is 10.1. The third-order valence-electron chi connectivity index (χ3n) is 1.57. The zero-order chi connectivity index (χ0) is 6.53. The Morgan fingerprint density at radius 2 is 2.33 bits per heavy atom. The number of hydrogen-bond donors (Lipinski definition) is 0. The maximum atomic E-state index is 3.31. The van der Waals surface area contributed by atoms with Crippen LogP contribution in [0.5, 0.6) is 0 Å². The number of allylic oxidation sites excluding steroid dienone is 4. The highest BCUT2D eigenvalue weighted by Gasteiger charge is 1.89. The number of rotatable bonds is 0. The van der Waals surface area contributed by atoms with Gasteiger partial charge in [0.1, 0.15) is 0 Å². The first-order chi connectivity index (χ1) is 4.39. The lowest BCUT2D eigenvalue weighted by Crippen LogP contribution is -1.79. The van der Waals surface area contributed by atoms with Crippen molar-refractivity contribution in [1.29, 1.82) is 0 Å². The van der Waals surface area contributed by atoms with Gasteiger partial charge in [-0.05, 0) is 44.3 Å². The van der Waals surface area contributed by atoms with Crippen molar-refractivity contribution in [1.82, 2.24) is 0 Å². The van der Waals surface area contributed by atoms with Crippen LogP contribution in [-0.4, -0.2) is 0 Å². The summed E-state index contributed by atoms with van der Waals surface area (Å²) in [6.07, 6.45) is 12.8. The summed E-state index contributed by atoms with van der Waals surface area (Å²) in [4.78, 5) is 0. The fourth-order valence-corrected chi connectivity index (χ4v) is 0.992. The molecule has 1 aliphatic rings. The Kier molecular flexibility index (Phi) is 2.56. The molecule has 1 radical (unpaired) electrons. The van der Waals surface area contributed by atoms with Crippen LogP contribution in [0, 0.1) is 6.08 Å². The third-order valence-corrected chi connectivity index (χ3v) is 1.57. The second-order valence-electron chi connectivity index (χ2n) is 2.51. The van der Waals surface area contributed by atoms with Crippen molar-refractivity contribution in [2.45, 2.75) is 32.6 Å². The lowest BCUT2D eigenvalue weighted by Gasteiger charge is -1.98. The highest BCUT2D eigenvalue weighted by Crippen LogP contribution is 2.08. The van der Waals surface area contributed by atoms with Crippen LogP contribution in [-0.2, 0) is 0 Å². The largest absolute Gasteiger partial charge is 0.0843 e. The molecule has 0 heteroatoms. The van der Waals surface area contributed by atoms with E-state index in [2.05, 4.69) is 25.2 Å². The van der Waals surface area contributed by atoms with Gasteiger partial charge in [-0.3, -0.25) is 0 Å². The lowest BCUT2D eigenvalue weighted by molar-refractivity contribution is 0.746. The van der Waals surface area contributed by atoms with Crippen LogP contribution in [0.15, 0.2) is 17.7 Å². The fraction of sp³-hybridized carbons (Fsp3) is 0.556. The van der Waals surface area contributed by atoms with Crippen molar-refractivity contribution in [2.24, 2.45) is 0 Å². The molecule has 0 atom stereocenters. The molecule has 0 fully saturated rings. The summed E-state index contributed by atoms with van der Waals surface area (Å²) in [5, 5.41) is 0. The van der Waals surface area contributed by atoms with Crippen LogP contribution in [0.2, 0.25) is 0 Å². The Bertz CT molecular complexity index is 129. The highest BCUT2D eigenvalue weighted by molar-refractivity contribution is 5.13. The van der Waals surface area contributed by atoms with E-state index < -0.39 is 0 Å². The zero-order valence-electron chi connectivity index (χ0n) is 5.98. The van der Waals surface area contributed by atoms with Crippen LogP contribution >= 0.6 is 0 Å². The van der Waals surface area contributed by atoms with Gasteiger partial charge in [0.15, 0.2) is 0 Å². The minimum atomic E-state index is 1.15. The van der Waals surface area contributed by atoms with E-state index in [0.717, 1.165) is 6.42 Å². The summed E-state index contributed by atoms with van der Waals surface area (Å²) in [5.74, 6) is 0. The van der Waals surface area contributed by atoms with Crippen molar-refractivity contribution < 1.29 is 0 Å². The quantitative estimate of drug-likeness (QED) is 0.462. The van der Waals surface area contributed by atoms with E-state index >= 15 is 0 Å². The first-order valence-electron chi connectivity index (χ1n) is 3.63. The second kappa shape index (κ2) is 3.49.